The molecule has 6 nitrogen and oxygen atoms in total. The lowest BCUT2D eigenvalue weighted by molar-refractivity contribution is 0.350. The van der Waals surface area contributed by atoms with E-state index in [4.69, 9.17) is 28.4 Å². The van der Waals surface area contributed by atoms with Crippen molar-refractivity contribution in [2.24, 2.45) is 0 Å². The van der Waals surface area contributed by atoms with Crippen molar-refractivity contribution in [3.8, 4) is 40.2 Å². The smallest absolute Gasteiger partial charge is 0.170 e. The van der Waals surface area contributed by atoms with Gasteiger partial charge in [0.25, 0.3) is 0 Å². The van der Waals surface area contributed by atoms with Gasteiger partial charge in [-0.3, -0.25) is 0 Å². The molecular formula is C33H36O6. The maximum Gasteiger partial charge on any atom is 0.170 e. The molecule has 0 amide bonds. The van der Waals surface area contributed by atoms with Crippen LogP contribution in [0.1, 0.15) is 22.3 Å². The molecule has 204 valence electrons. The van der Waals surface area contributed by atoms with Gasteiger partial charge in [-0.05, 0) is 90.4 Å². The minimum atomic E-state index is 0.587. The van der Waals surface area contributed by atoms with Crippen LogP contribution in [0.2, 0.25) is 0 Å². The summed E-state index contributed by atoms with van der Waals surface area (Å²) in [6, 6.07) is 26.1. The quantitative estimate of drug-likeness (QED) is 0.185. The van der Waals surface area contributed by atoms with Gasteiger partial charge in [0.2, 0.25) is 0 Å². The Bertz CT molecular complexity index is 1360. The Balaban J connectivity index is 1.51. The lowest BCUT2D eigenvalue weighted by atomic mass is 10.0. The van der Waals surface area contributed by atoms with Crippen LogP contribution in [0.25, 0.3) is 0 Å². The summed E-state index contributed by atoms with van der Waals surface area (Å²) in [5, 5.41) is 0. The molecule has 0 saturated carbocycles. The lowest BCUT2D eigenvalue weighted by Crippen LogP contribution is -2.00. The van der Waals surface area contributed by atoms with Gasteiger partial charge in [-0.1, -0.05) is 30.3 Å². The first-order valence-electron chi connectivity index (χ1n) is 12.9. The predicted octanol–water partition coefficient (Wildman–Crippen LogP) is 7.09. The van der Waals surface area contributed by atoms with Gasteiger partial charge >= 0.3 is 0 Å². The molecule has 0 radical (unpaired) electrons. The summed E-state index contributed by atoms with van der Waals surface area (Å²) in [6.07, 6.45) is 3.38. The van der Waals surface area contributed by atoms with Crippen molar-refractivity contribution >= 4 is 0 Å². The summed E-state index contributed by atoms with van der Waals surface area (Å²) >= 11 is 0. The highest BCUT2D eigenvalue weighted by molar-refractivity contribution is 5.54. The van der Waals surface area contributed by atoms with Crippen molar-refractivity contribution in [1.82, 2.24) is 0 Å². The van der Waals surface area contributed by atoms with E-state index in [9.17, 15) is 0 Å². The molecule has 39 heavy (non-hydrogen) atoms. The van der Waals surface area contributed by atoms with Gasteiger partial charge in [0.1, 0.15) is 17.2 Å². The minimum absolute atomic E-state index is 0.587. The Hall–Kier alpha value is -4.32. The largest absolute Gasteiger partial charge is 0.497 e. The molecular weight excluding hydrogens is 492 g/mol. The summed E-state index contributed by atoms with van der Waals surface area (Å²) in [5.41, 5.74) is 4.61. The second-order valence-corrected chi connectivity index (χ2v) is 9.10. The molecule has 0 fully saturated rings. The summed E-state index contributed by atoms with van der Waals surface area (Å²) < 4.78 is 34.0. The molecule has 0 unspecified atom stereocenters. The summed E-state index contributed by atoms with van der Waals surface area (Å²) in [6.45, 7) is 0. The number of rotatable bonds is 13. The molecule has 0 aliphatic carbocycles. The standard InChI is InChI=1S/C33H36O6/c1-34-27-16-12-23(13-17-27)11-15-26-21-33(32(38-5)22-30(26)36-3)39-29-18-14-25(20-31(29)37-4)10-9-24-7-6-8-28(19-24)35-2/h6-8,12-14,16-22H,9-11,15H2,1-5H3. The molecule has 0 aromatic heterocycles. The van der Waals surface area contributed by atoms with Crippen molar-refractivity contribution in [3.05, 3.63) is 101 Å². The van der Waals surface area contributed by atoms with Crippen LogP contribution in [0.5, 0.6) is 40.2 Å². The Morgan fingerprint density at radius 1 is 0.410 bits per heavy atom. The topological polar surface area (TPSA) is 55.4 Å². The second kappa shape index (κ2) is 13.5. The summed E-state index contributed by atoms with van der Waals surface area (Å²) in [5.74, 6) is 4.94. The zero-order valence-corrected chi connectivity index (χ0v) is 23.3. The van der Waals surface area contributed by atoms with Crippen LogP contribution in [0, 0.1) is 0 Å². The van der Waals surface area contributed by atoms with Crippen molar-refractivity contribution in [2.45, 2.75) is 25.7 Å². The zero-order chi connectivity index (χ0) is 27.6. The Labute approximate surface area is 231 Å². The average molecular weight is 529 g/mol. The number of methoxy groups -OCH3 is 5. The fourth-order valence-electron chi connectivity index (χ4n) is 4.47. The predicted molar refractivity (Wildman–Crippen MR) is 153 cm³/mol. The number of hydrogen-bond donors (Lipinski definition) is 0. The third-order valence-corrected chi connectivity index (χ3v) is 6.69. The molecule has 0 N–H and O–H groups in total. The monoisotopic (exact) mass is 528 g/mol. The Morgan fingerprint density at radius 3 is 1.69 bits per heavy atom. The first-order valence-corrected chi connectivity index (χ1v) is 12.9. The van der Waals surface area contributed by atoms with E-state index in [1.54, 1.807) is 35.5 Å². The highest BCUT2D eigenvalue weighted by atomic mass is 16.5. The van der Waals surface area contributed by atoms with E-state index >= 15 is 0 Å². The normalized spacial score (nSPS) is 10.6. The molecule has 0 aliphatic rings. The van der Waals surface area contributed by atoms with E-state index < -0.39 is 0 Å². The van der Waals surface area contributed by atoms with Crippen LogP contribution in [0.15, 0.2) is 78.9 Å². The van der Waals surface area contributed by atoms with Crippen LogP contribution in [-0.2, 0) is 25.7 Å². The van der Waals surface area contributed by atoms with E-state index in [1.165, 1.54) is 11.1 Å². The van der Waals surface area contributed by atoms with E-state index in [-0.39, 0.29) is 0 Å². The maximum atomic E-state index is 6.35. The van der Waals surface area contributed by atoms with E-state index in [0.717, 1.165) is 54.1 Å². The van der Waals surface area contributed by atoms with Crippen molar-refractivity contribution in [1.29, 1.82) is 0 Å². The van der Waals surface area contributed by atoms with Gasteiger partial charge in [-0.25, -0.2) is 0 Å². The molecule has 0 bridgehead atoms. The third-order valence-electron chi connectivity index (χ3n) is 6.69. The van der Waals surface area contributed by atoms with Crippen molar-refractivity contribution in [2.75, 3.05) is 35.5 Å². The van der Waals surface area contributed by atoms with Gasteiger partial charge in [-0.2, -0.15) is 0 Å². The number of benzene rings is 4. The fourth-order valence-corrected chi connectivity index (χ4v) is 4.47. The molecule has 4 aromatic carbocycles. The van der Waals surface area contributed by atoms with E-state index in [0.29, 0.717) is 23.0 Å². The molecule has 4 rings (SSSR count). The van der Waals surface area contributed by atoms with Crippen LogP contribution in [0.3, 0.4) is 0 Å². The highest BCUT2D eigenvalue weighted by Crippen LogP contribution is 2.41. The number of aryl methyl sites for hydroxylation is 4. The molecule has 0 saturated heterocycles. The van der Waals surface area contributed by atoms with Gasteiger partial charge in [-0.15, -0.1) is 0 Å². The number of ether oxygens (including phenoxy) is 6. The van der Waals surface area contributed by atoms with Crippen LogP contribution >= 0.6 is 0 Å². The average Bonchev–Trinajstić information content (AvgIpc) is 2.99. The van der Waals surface area contributed by atoms with E-state index in [2.05, 4.69) is 30.3 Å². The first-order chi connectivity index (χ1) is 19.1. The molecule has 0 aliphatic heterocycles. The lowest BCUT2D eigenvalue weighted by Gasteiger charge is -2.17. The Morgan fingerprint density at radius 2 is 1.03 bits per heavy atom. The van der Waals surface area contributed by atoms with Crippen LogP contribution in [0.4, 0.5) is 0 Å². The van der Waals surface area contributed by atoms with Crippen molar-refractivity contribution in [3.63, 3.8) is 0 Å². The molecule has 0 heterocycles. The summed E-state index contributed by atoms with van der Waals surface area (Å²) in [7, 11) is 8.30. The SMILES string of the molecule is COc1ccc(CCc2cc(Oc3ccc(CCc4cccc(OC)c4)cc3OC)c(OC)cc2OC)cc1. The zero-order valence-electron chi connectivity index (χ0n) is 23.3. The van der Waals surface area contributed by atoms with E-state index in [1.807, 2.05) is 48.5 Å². The van der Waals surface area contributed by atoms with Gasteiger partial charge in [0.05, 0.1) is 35.5 Å². The summed E-state index contributed by atoms with van der Waals surface area (Å²) in [4.78, 5) is 0. The van der Waals surface area contributed by atoms with Gasteiger partial charge < -0.3 is 28.4 Å². The maximum absolute atomic E-state index is 6.35. The first kappa shape index (κ1) is 27.7. The van der Waals surface area contributed by atoms with Gasteiger partial charge in [0, 0.05) is 6.07 Å². The Kier molecular flexibility index (Phi) is 9.57. The molecule has 0 atom stereocenters. The van der Waals surface area contributed by atoms with Gasteiger partial charge in [0.15, 0.2) is 23.0 Å². The highest BCUT2D eigenvalue weighted by Gasteiger charge is 2.16. The van der Waals surface area contributed by atoms with Crippen molar-refractivity contribution < 1.29 is 28.4 Å². The number of hydrogen-bond acceptors (Lipinski definition) is 6. The second-order valence-electron chi connectivity index (χ2n) is 9.10. The molecule has 6 heteroatoms. The molecule has 4 aromatic rings. The third kappa shape index (κ3) is 7.17. The fraction of sp³-hybridized carbons (Fsp3) is 0.273. The van der Waals surface area contributed by atoms with Crippen LogP contribution < -0.4 is 28.4 Å². The minimum Gasteiger partial charge on any atom is -0.497 e. The molecule has 0 spiro atoms. The van der Waals surface area contributed by atoms with Crippen LogP contribution in [-0.4, -0.2) is 35.5 Å².